The average molecular weight is 283 g/mol. The van der Waals surface area contributed by atoms with E-state index in [0.29, 0.717) is 5.88 Å². The van der Waals surface area contributed by atoms with Crippen LogP contribution in [0.1, 0.15) is 17.0 Å². The van der Waals surface area contributed by atoms with Gasteiger partial charge in [-0.3, -0.25) is 4.68 Å². The van der Waals surface area contributed by atoms with E-state index in [9.17, 15) is 5.11 Å². The maximum absolute atomic E-state index is 9.41. The van der Waals surface area contributed by atoms with Gasteiger partial charge >= 0.3 is 0 Å². The van der Waals surface area contributed by atoms with Gasteiger partial charge in [0.25, 0.3) is 0 Å². The minimum absolute atomic E-state index is 0.0429. The molecule has 0 atom stereocenters. The zero-order valence-corrected chi connectivity index (χ0v) is 12.3. The third-order valence-electron chi connectivity index (χ3n) is 3.65. The van der Waals surface area contributed by atoms with Crippen molar-refractivity contribution >= 4 is 10.8 Å². The van der Waals surface area contributed by atoms with Crippen LogP contribution in [0.3, 0.4) is 0 Å². The lowest BCUT2D eigenvalue weighted by atomic mass is 10.1. The molecule has 21 heavy (non-hydrogen) atoms. The average Bonchev–Trinajstić information content (AvgIpc) is 2.74. The Hall–Kier alpha value is -2.40. The van der Waals surface area contributed by atoms with Gasteiger partial charge in [-0.25, -0.2) is 4.98 Å². The van der Waals surface area contributed by atoms with Crippen molar-refractivity contribution in [2.24, 2.45) is 7.05 Å². The maximum Gasteiger partial charge on any atom is 0.227 e. The van der Waals surface area contributed by atoms with Crippen LogP contribution in [0.25, 0.3) is 10.8 Å². The first-order valence-corrected chi connectivity index (χ1v) is 6.77. The SMILES string of the molecule is Cc1nn(C)c(C)c1Oc1ncc(CO)c2ccccc12. The van der Waals surface area contributed by atoms with Gasteiger partial charge in [0.1, 0.15) is 5.69 Å². The van der Waals surface area contributed by atoms with Crippen molar-refractivity contribution in [2.75, 3.05) is 0 Å². The largest absolute Gasteiger partial charge is 0.434 e. The molecule has 3 aromatic rings. The van der Waals surface area contributed by atoms with Gasteiger partial charge in [-0.15, -0.1) is 0 Å². The van der Waals surface area contributed by atoms with Crippen LogP contribution in [0.4, 0.5) is 0 Å². The molecule has 0 saturated heterocycles. The number of nitrogens with zero attached hydrogens (tertiary/aromatic N) is 3. The minimum atomic E-state index is -0.0429. The summed E-state index contributed by atoms with van der Waals surface area (Å²) in [4.78, 5) is 4.35. The van der Waals surface area contributed by atoms with Gasteiger partial charge in [0.05, 0.1) is 12.3 Å². The summed E-state index contributed by atoms with van der Waals surface area (Å²) < 4.78 is 7.78. The van der Waals surface area contributed by atoms with Gasteiger partial charge in [0, 0.05) is 24.2 Å². The molecule has 0 unspecified atom stereocenters. The van der Waals surface area contributed by atoms with Crippen molar-refractivity contribution in [3.63, 3.8) is 0 Å². The van der Waals surface area contributed by atoms with Crippen LogP contribution >= 0.6 is 0 Å². The number of aliphatic hydroxyl groups excluding tert-OH is 1. The number of rotatable bonds is 3. The Morgan fingerprint density at radius 3 is 2.52 bits per heavy atom. The van der Waals surface area contributed by atoms with Crippen LogP contribution in [0.15, 0.2) is 30.5 Å². The standard InChI is InChI=1S/C16H17N3O2/c1-10-15(11(2)19(3)18-10)21-16-14-7-5-4-6-13(14)12(9-20)8-17-16/h4-8,20H,9H2,1-3H3. The lowest BCUT2D eigenvalue weighted by Crippen LogP contribution is -1.96. The lowest BCUT2D eigenvalue weighted by molar-refractivity contribution is 0.282. The smallest absolute Gasteiger partial charge is 0.227 e. The molecule has 1 N–H and O–H groups in total. The number of benzene rings is 1. The molecule has 0 aliphatic heterocycles. The summed E-state index contributed by atoms with van der Waals surface area (Å²) in [7, 11) is 1.88. The first-order chi connectivity index (χ1) is 10.1. The van der Waals surface area contributed by atoms with Gasteiger partial charge in [0.15, 0.2) is 5.75 Å². The van der Waals surface area contributed by atoms with Gasteiger partial charge in [0.2, 0.25) is 5.88 Å². The van der Waals surface area contributed by atoms with E-state index in [1.807, 2.05) is 45.2 Å². The monoisotopic (exact) mass is 283 g/mol. The number of pyridine rings is 1. The van der Waals surface area contributed by atoms with Crippen LogP contribution in [0.2, 0.25) is 0 Å². The van der Waals surface area contributed by atoms with E-state index in [0.717, 1.165) is 33.5 Å². The van der Waals surface area contributed by atoms with Crippen LogP contribution in [0, 0.1) is 13.8 Å². The van der Waals surface area contributed by atoms with E-state index in [2.05, 4.69) is 10.1 Å². The highest BCUT2D eigenvalue weighted by atomic mass is 16.5. The van der Waals surface area contributed by atoms with E-state index in [4.69, 9.17) is 4.74 Å². The third kappa shape index (κ3) is 2.25. The Kier molecular flexibility index (Phi) is 3.35. The molecule has 2 aromatic heterocycles. The molecule has 2 heterocycles. The van der Waals surface area contributed by atoms with E-state index < -0.39 is 0 Å². The fourth-order valence-corrected chi connectivity index (χ4v) is 2.43. The van der Waals surface area contributed by atoms with E-state index in [1.54, 1.807) is 10.9 Å². The highest BCUT2D eigenvalue weighted by Gasteiger charge is 2.15. The van der Waals surface area contributed by atoms with Crippen LogP contribution in [-0.2, 0) is 13.7 Å². The highest BCUT2D eigenvalue weighted by Crippen LogP contribution is 2.32. The minimum Gasteiger partial charge on any atom is -0.434 e. The zero-order chi connectivity index (χ0) is 15.0. The van der Waals surface area contributed by atoms with Crippen molar-refractivity contribution in [1.82, 2.24) is 14.8 Å². The van der Waals surface area contributed by atoms with E-state index in [-0.39, 0.29) is 6.61 Å². The molecule has 5 nitrogen and oxygen atoms in total. The summed E-state index contributed by atoms with van der Waals surface area (Å²) in [5.41, 5.74) is 2.56. The zero-order valence-electron chi connectivity index (χ0n) is 12.3. The number of ether oxygens (including phenoxy) is 1. The molecule has 1 aromatic carbocycles. The molecule has 0 bridgehead atoms. The number of hydrogen-bond acceptors (Lipinski definition) is 4. The second kappa shape index (κ2) is 5.18. The highest BCUT2D eigenvalue weighted by molar-refractivity contribution is 5.89. The Balaban J connectivity index is 2.13. The number of aliphatic hydroxyl groups is 1. The van der Waals surface area contributed by atoms with Gasteiger partial charge in [-0.1, -0.05) is 18.2 Å². The maximum atomic E-state index is 9.41. The fourth-order valence-electron chi connectivity index (χ4n) is 2.43. The third-order valence-corrected chi connectivity index (χ3v) is 3.65. The lowest BCUT2D eigenvalue weighted by Gasteiger charge is -2.10. The predicted molar refractivity (Wildman–Crippen MR) is 80.4 cm³/mol. The van der Waals surface area contributed by atoms with Crippen molar-refractivity contribution in [3.05, 3.63) is 47.4 Å². The first kappa shape index (κ1) is 13.6. The van der Waals surface area contributed by atoms with Crippen molar-refractivity contribution in [2.45, 2.75) is 20.5 Å². The quantitative estimate of drug-likeness (QED) is 0.803. The Morgan fingerprint density at radius 2 is 1.90 bits per heavy atom. The molecule has 0 radical (unpaired) electrons. The Labute approximate surface area is 122 Å². The Morgan fingerprint density at radius 1 is 1.19 bits per heavy atom. The van der Waals surface area contributed by atoms with Crippen LogP contribution in [-0.4, -0.2) is 19.9 Å². The molecule has 0 spiro atoms. The summed E-state index contributed by atoms with van der Waals surface area (Å²) in [6.07, 6.45) is 1.65. The molecular formula is C16H17N3O2. The molecular weight excluding hydrogens is 266 g/mol. The van der Waals surface area contributed by atoms with E-state index in [1.165, 1.54) is 0 Å². The second-order valence-corrected chi connectivity index (χ2v) is 5.02. The summed E-state index contributed by atoms with van der Waals surface area (Å²) in [5.74, 6) is 1.26. The topological polar surface area (TPSA) is 60.2 Å². The van der Waals surface area contributed by atoms with Gasteiger partial charge < -0.3 is 9.84 Å². The second-order valence-electron chi connectivity index (χ2n) is 5.02. The van der Waals surface area contributed by atoms with Gasteiger partial charge in [-0.2, -0.15) is 5.10 Å². The van der Waals surface area contributed by atoms with E-state index >= 15 is 0 Å². The number of aromatic nitrogens is 3. The fraction of sp³-hybridized carbons (Fsp3) is 0.250. The van der Waals surface area contributed by atoms with Crippen LogP contribution in [0.5, 0.6) is 11.6 Å². The summed E-state index contributed by atoms with van der Waals surface area (Å²) in [6.45, 7) is 3.82. The number of hydrogen-bond donors (Lipinski definition) is 1. The van der Waals surface area contributed by atoms with Crippen LogP contribution < -0.4 is 4.74 Å². The summed E-state index contributed by atoms with van der Waals surface area (Å²) in [5, 5.41) is 15.6. The summed E-state index contributed by atoms with van der Waals surface area (Å²) in [6, 6.07) is 7.77. The number of fused-ring (bicyclic) bond motifs is 1. The number of aryl methyl sites for hydroxylation is 2. The molecule has 0 aliphatic carbocycles. The van der Waals surface area contributed by atoms with Gasteiger partial charge in [-0.05, 0) is 25.3 Å². The molecule has 0 saturated carbocycles. The molecule has 5 heteroatoms. The molecule has 0 amide bonds. The molecule has 0 fully saturated rings. The van der Waals surface area contributed by atoms with Crippen molar-refractivity contribution < 1.29 is 9.84 Å². The van der Waals surface area contributed by atoms with Crippen molar-refractivity contribution in [1.29, 1.82) is 0 Å². The molecule has 3 rings (SSSR count). The first-order valence-electron chi connectivity index (χ1n) is 6.77. The van der Waals surface area contributed by atoms with Crippen molar-refractivity contribution in [3.8, 4) is 11.6 Å². The molecule has 0 aliphatic rings. The molecule has 108 valence electrons. The summed E-state index contributed by atoms with van der Waals surface area (Å²) >= 11 is 0. The predicted octanol–water partition coefficient (Wildman–Crippen LogP) is 2.87. The normalized spacial score (nSPS) is 11.0. The Bertz CT molecular complexity index is 809.